The second-order valence-corrected chi connectivity index (χ2v) is 4.68. The van der Waals surface area contributed by atoms with E-state index in [2.05, 4.69) is 0 Å². The molecular weight excluding hydrogens is 273 g/mol. The normalized spacial score (nSPS) is 10.2. The fourth-order valence-corrected chi connectivity index (χ4v) is 2.08. The van der Waals surface area contributed by atoms with E-state index in [0.29, 0.717) is 12.2 Å². The van der Waals surface area contributed by atoms with Crippen molar-refractivity contribution in [2.24, 2.45) is 0 Å². The summed E-state index contributed by atoms with van der Waals surface area (Å²) in [5.41, 5.74) is 1.26. The third kappa shape index (κ3) is 3.51. The molecule has 2 rings (SSSR count). The van der Waals surface area contributed by atoms with E-state index in [0.717, 1.165) is 17.4 Å². The Kier molecular flexibility index (Phi) is 4.42. The molecule has 4 nitrogen and oxygen atoms in total. The lowest BCUT2D eigenvalue weighted by atomic mass is 10.1. The van der Waals surface area contributed by atoms with Crippen molar-refractivity contribution in [3.8, 4) is 5.75 Å². The lowest BCUT2D eigenvalue weighted by molar-refractivity contribution is 0.0696. The number of anilines is 1. The van der Waals surface area contributed by atoms with Crippen LogP contribution in [0, 0.1) is 5.82 Å². The van der Waals surface area contributed by atoms with Gasteiger partial charge >= 0.3 is 5.97 Å². The number of carboxylic acids is 1. The van der Waals surface area contributed by atoms with Crippen molar-refractivity contribution in [2.75, 3.05) is 19.1 Å². The van der Waals surface area contributed by atoms with Crippen LogP contribution in [-0.2, 0) is 6.54 Å². The van der Waals surface area contributed by atoms with Gasteiger partial charge in [0.05, 0.1) is 18.4 Å². The van der Waals surface area contributed by atoms with Crippen LogP contribution in [0.3, 0.4) is 0 Å². The topological polar surface area (TPSA) is 49.8 Å². The van der Waals surface area contributed by atoms with Gasteiger partial charge in [0, 0.05) is 13.6 Å². The monoisotopic (exact) mass is 289 g/mol. The molecule has 0 amide bonds. The summed E-state index contributed by atoms with van der Waals surface area (Å²) in [7, 11) is 3.34. The van der Waals surface area contributed by atoms with Crippen LogP contribution in [0.2, 0.25) is 0 Å². The van der Waals surface area contributed by atoms with Crippen molar-refractivity contribution in [1.29, 1.82) is 0 Å². The minimum Gasteiger partial charge on any atom is -0.497 e. The molecule has 0 fully saturated rings. The van der Waals surface area contributed by atoms with Crippen LogP contribution < -0.4 is 9.64 Å². The molecule has 21 heavy (non-hydrogen) atoms. The Morgan fingerprint density at radius 3 is 2.67 bits per heavy atom. The van der Waals surface area contributed by atoms with Gasteiger partial charge in [0.15, 0.2) is 0 Å². The average molecular weight is 289 g/mol. The molecule has 0 saturated heterocycles. The molecule has 0 atom stereocenters. The van der Waals surface area contributed by atoms with Crippen LogP contribution in [0.1, 0.15) is 15.9 Å². The summed E-state index contributed by atoms with van der Waals surface area (Å²) >= 11 is 0. The Bertz CT molecular complexity index is 658. The Morgan fingerprint density at radius 2 is 2.05 bits per heavy atom. The lowest BCUT2D eigenvalue weighted by Gasteiger charge is -2.20. The molecule has 0 saturated carbocycles. The van der Waals surface area contributed by atoms with Gasteiger partial charge in [-0.3, -0.25) is 0 Å². The number of benzene rings is 2. The molecule has 2 aromatic carbocycles. The molecule has 5 heteroatoms. The Balaban J connectivity index is 2.19. The van der Waals surface area contributed by atoms with Crippen LogP contribution >= 0.6 is 0 Å². The van der Waals surface area contributed by atoms with E-state index >= 15 is 0 Å². The third-order valence-electron chi connectivity index (χ3n) is 3.16. The van der Waals surface area contributed by atoms with Crippen molar-refractivity contribution in [3.05, 3.63) is 59.4 Å². The second kappa shape index (κ2) is 6.26. The minimum absolute atomic E-state index is 0.0639. The highest BCUT2D eigenvalue weighted by Gasteiger charge is 2.12. The number of methoxy groups -OCH3 is 1. The number of ether oxygens (including phenoxy) is 1. The van der Waals surface area contributed by atoms with Gasteiger partial charge in [0.25, 0.3) is 0 Å². The first-order valence-electron chi connectivity index (χ1n) is 6.38. The van der Waals surface area contributed by atoms with E-state index < -0.39 is 11.8 Å². The fourth-order valence-electron chi connectivity index (χ4n) is 2.08. The van der Waals surface area contributed by atoms with E-state index in [-0.39, 0.29) is 5.56 Å². The van der Waals surface area contributed by atoms with Crippen molar-refractivity contribution in [2.45, 2.75) is 6.54 Å². The highest BCUT2D eigenvalue weighted by atomic mass is 19.1. The Hall–Kier alpha value is -2.56. The molecule has 110 valence electrons. The third-order valence-corrected chi connectivity index (χ3v) is 3.16. The summed E-state index contributed by atoms with van der Waals surface area (Å²) in [6.45, 7) is 0.487. The predicted octanol–water partition coefficient (Wildman–Crippen LogP) is 3.17. The first kappa shape index (κ1) is 14.8. The number of carboxylic acid groups (broad SMARTS) is 1. The zero-order valence-electron chi connectivity index (χ0n) is 11.8. The Morgan fingerprint density at radius 1 is 1.29 bits per heavy atom. The Labute approximate surface area is 122 Å². The zero-order chi connectivity index (χ0) is 15.4. The standard InChI is InChI=1S/C16H16FNO3/c1-18(10-11-4-3-5-13(8-11)21-2)15-7-6-12(16(19)20)9-14(15)17/h3-9H,10H2,1-2H3,(H,19,20). The first-order valence-corrected chi connectivity index (χ1v) is 6.38. The molecule has 0 aliphatic carbocycles. The maximum atomic E-state index is 14.0. The minimum atomic E-state index is -1.14. The highest BCUT2D eigenvalue weighted by Crippen LogP contribution is 2.22. The number of hydrogen-bond acceptors (Lipinski definition) is 3. The number of halogens is 1. The van der Waals surface area contributed by atoms with E-state index in [1.165, 1.54) is 12.1 Å². The fraction of sp³-hybridized carbons (Fsp3) is 0.188. The smallest absolute Gasteiger partial charge is 0.335 e. The second-order valence-electron chi connectivity index (χ2n) is 4.68. The van der Waals surface area contributed by atoms with Crippen LogP contribution in [-0.4, -0.2) is 25.2 Å². The molecule has 0 unspecified atom stereocenters. The summed E-state index contributed by atoms with van der Waals surface area (Å²) in [5, 5.41) is 8.84. The van der Waals surface area contributed by atoms with Gasteiger partial charge in [-0.25, -0.2) is 9.18 Å². The summed E-state index contributed by atoms with van der Waals surface area (Å²) in [5.74, 6) is -0.959. The quantitative estimate of drug-likeness (QED) is 0.918. The van der Waals surface area contributed by atoms with E-state index in [9.17, 15) is 9.18 Å². The predicted molar refractivity (Wildman–Crippen MR) is 78.5 cm³/mol. The first-order chi connectivity index (χ1) is 10.0. The summed E-state index contributed by atoms with van der Waals surface area (Å²) in [6, 6.07) is 11.4. The van der Waals surface area contributed by atoms with Crippen LogP contribution in [0.15, 0.2) is 42.5 Å². The molecule has 0 aliphatic heterocycles. The van der Waals surface area contributed by atoms with Gasteiger partial charge in [0.1, 0.15) is 11.6 Å². The number of rotatable bonds is 5. The van der Waals surface area contributed by atoms with Gasteiger partial charge in [-0.15, -0.1) is 0 Å². The number of nitrogens with zero attached hydrogens (tertiary/aromatic N) is 1. The number of aromatic carboxylic acids is 1. The van der Waals surface area contributed by atoms with Gasteiger partial charge < -0.3 is 14.7 Å². The van der Waals surface area contributed by atoms with Crippen LogP contribution in [0.4, 0.5) is 10.1 Å². The van der Waals surface area contributed by atoms with Crippen molar-refractivity contribution >= 4 is 11.7 Å². The van der Waals surface area contributed by atoms with Gasteiger partial charge in [-0.2, -0.15) is 0 Å². The average Bonchev–Trinajstić information content (AvgIpc) is 2.47. The van der Waals surface area contributed by atoms with Gasteiger partial charge in [-0.1, -0.05) is 12.1 Å². The van der Waals surface area contributed by atoms with Crippen molar-refractivity contribution in [3.63, 3.8) is 0 Å². The largest absolute Gasteiger partial charge is 0.497 e. The molecule has 0 spiro atoms. The summed E-state index contributed by atoms with van der Waals surface area (Å²) in [4.78, 5) is 12.5. The molecule has 0 aliphatic rings. The lowest BCUT2D eigenvalue weighted by Crippen LogP contribution is -2.18. The molecule has 0 heterocycles. The van der Waals surface area contributed by atoms with E-state index in [1.54, 1.807) is 19.1 Å². The van der Waals surface area contributed by atoms with E-state index in [4.69, 9.17) is 9.84 Å². The molecule has 0 radical (unpaired) electrons. The van der Waals surface area contributed by atoms with Crippen molar-refractivity contribution in [1.82, 2.24) is 0 Å². The molecule has 2 aromatic rings. The molecule has 0 bridgehead atoms. The molecular formula is C16H16FNO3. The highest BCUT2D eigenvalue weighted by molar-refractivity contribution is 5.88. The number of carbonyl (C=O) groups is 1. The van der Waals surface area contributed by atoms with Gasteiger partial charge in [-0.05, 0) is 35.9 Å². The SMILES string of the molecule is COc1cccc(CN(C)c2ccc(C(=O)O)cc2F)c1. The summed E-state index contributed by atoms with van der Waals surface area (Å²) in [6.07, 6.45) is 0. The molecule has 1 N–H and O–H groups in total. The van der Waals surface area contributed by atoms with Crippen LogP contribution in [0.5, 0.6) is 5.75 Å². The summed E-state index contributed by atoms with van der Waals surface area (Å²) < 4.78 is 19.1. The van der Waals surface area contributed by atoms with Crippen LogP contribution in [0.25, 0.3) is 0 Å². The zero-order valence-corrected chi connectivity index (χ0v) is 11.8. The molecule has 0 aromatic heterocycles. The maximum Gasteiger partial charge on any atom is 0.335 e. The van der Waals surface area contributed by atoms with E-state index in [1.807, 2.05) is 24.3 Å². The van der Waals surface area contributed by atoms with Gasteiger partial charge in [0.2, 0.25) is 0 Å². The number of hydrogen-bond donors (Lipinski definition) is 1. The van der Waals surface area contributed by atoms with Crippen molar-refractivity contribution < 1.29 is 19.0 Å². The maximum absolute atomic E-state index is 14.0.